The predicted octanol–water partition coefficient (Wildman–Crippen LogP) is 3.46. The maximum Gasteiger partial charge on any atom is 0.416 e. The minimum Gasteiger partial charge on any atom is -0.352 e. The fraction of sp³-hybridized carbons (Fsp3) is 0.667. The molecule has 1 fully saturated rings. The van der Waals surface area contributed by atoms with E-state index >= 15 is 0 Å². The first kappa shape index (κ1) is 16.1. The third kappa shape index (κ3) is 3.87. The van der Waals surface area contributed by atoms with E-state index < -0.39 is 11.7 Å². The van der Waals surface area contributed by atoms with E-state index in [-0.39, 0.29) is 12.1 Å². The average Bonchev–Trinajstić information content (AvgIpc) is 2.47. The van der Waals surface area contributed by atoms with E-state index in [9.17, 15) is 13.2 Å². The molecule has 1 aliphatic heterocycles. The van der Waals surface area contributed by atoms with Crippen molar-refractivity contribution in [2.75, 3.05) is 18.0 Å². The quantitative estimate of drug-likeness (QED) is 0.923. The molecule has 3 nitrogen and oxygen atoms in total. The number of likely N-dealkylation sites (N-methyl/N-ethyl adjacent to an activating group) is 1. The van der Waals surface area contributed by atoms with Gasteiger partial charge >= 0.3 is 6.18 Å². The smallest absolute Gasteiger partial charge is 0.352 e. The summed E-state index contributed by atoms with van der Waals surface area (Å²) in [5.41, 5.74) is -0.632. The number of pyridine rings is 1. The lowest BCUT2D eigenvalue weighted by Crippen LogP contribution is -2.51. The lowest BCUT2D eigenvalue weighted by atomic mass is 9.96. The summed E-state index contributed by atoms with van der Waals surface area (Å²) in [4.78, 5) is 6.19. The molecule has 1 aromatic rings. The lowest BCUT2D eigenvalue weighted by Gasteiger charge is -2.40. The standard InChI is InChI=1S/C15H22F3N3/c1-3-19-11(2)13-6-4-5-9-21(13)14-10-12(7-8-20-14)15(16,17)18/h7-8,10-11,13,19H,3-6,9H2,1-2H3. The zero-order chi connectivity index (χ0) is 15.5. The third-order valence-electron chi connectivity index (χ3n) is 4.02. The van der Waals surface area contributed by atoms with Crippen molar-refractivity contribution < 1.29 is 13.2 Å². The second-order valence-corrected chi connectivity index (χ2v) is 5.50. The molecule has 0 amide bonds. The highest BCUT2D eigenvalue weighted by molar-refractivity contribution is 5.44. The van der Waals surface area contributed by atoms with E-state index in [4.69, 9.17) is 0 Å². The molecule has 0 spiro atoms. The summed E-state index contributed by atoms with van der Waals surface area (Å²) < 4.78 is 38.6. The molecular formula is C15H22F3N3. The minimum absolute atomic E-state index is 0.190. The van der Waals surface area contributed by atoms with E-state index in [2.05, 4.69) is 17.2 Å². The van der Waals surface area contributed by atoms with Gasteiger partial charge in [-0.1, -0.05) is 6.92 Å². The van der Waals surface area contributed by atoms with E-state index in [0.717, 1.165) is 44.5 Å². The number of anilines is 1. The second kappa shape index (κ2) is 6.64. The predicted molar refractivity (Wildman–Crippen MR) is 77.4 cm³/mol. The van der Waals surface area contributed by atoms with Gasteiger partial charge < -0.3 is 10.2 Å². The maximum absolute atomic E-state index is 12.9. The molecule has 0 saturated carbocycles. The van der Waals surface area contributed by atoms with Gasteiger partial charge in [-0.25, -0.2) is 4.98 Å². The van der Waals surface area contributed by atoms with Gasteiger partial charge in [0.05, 0.1) is 5.56 Å². The summed E-state index contributed by atoms with van der Waals surface area (Å²) in [6.07, 6.45) is 0.00716. The van der Waals surface area contributed by atoms with Crippen LogP contribution in [0.5, 0.6) is 0 Å². The van der Waals surface area contributed by atoms with Crippen molar-refractivity contribution in [3.8, 4) is 0 Å². The molecule has 2 heterocycles. The first-order valence-corrected chi connectivity index (χ1v) is 7.46. The second-order valence-electron chi connectivity index (χ2n) is 5.50. The Morgan fingerprint density at radius 3 is 2.86 bits per heavy atom. The fourth-order valence-corrected chi connectivity index (χ4v) is 2.97. The average molecular weight is 301 g/mol. The molecule has 0 radical (unpaired) electrons. The summed E-state index contributed by atoms with van der Waals surface area (Å²) in [5.74, 6) is 0.430. The lowest BCUT2D eigenvalue weighted by molar-refractivity contribution is -0.137. The molecule has 2 rings (SSSR count). The van der Waals surface area contributed by atoms with Crippen LogP contribution >= 0.6 is 0 Å². The molecule has 0 aliphatic carbocycles. The van der Waals surface area contributed by atoms with Crippen molar-refractivity contribution in [2.45, 2.75) is 51.4 Å². The van der Waals surface area contributed by atoms with Crippen molar-refractivity contribution in [1.82, 2.24) is 10.3 Å². The number of piperidine rings is 1. The Morgan fingerprint density at radius 1 is 1.43 bits per heavy atom. The van der Waals surface area contributed by atoms with Gasteiger partial charge in [-0.15, -0.1) is 0 Å². The van der Waals surface area contributed by atoms with Crippen molar-refractivity contribution >= 4 is 5.82 Å². The highest BCUT2D eigenvalue weighted by Crippen LogP contribution is 2.32. The number of alkyl halides is 3. The van der Waals surface area contributed by atoms with Crippen LogP contribution in [0.1, 0.15) is 38.7 Å². The Bertz CT molecular complexity index is 462. The van der Waals surface area contributed by atoms with Gasteiger partial charge in [0.25, 0.3) is 0 Å². The number of halogens is 3. The monoisotopic (exact) mass is 301 g/mol. The summed E-state index contributed by atoms with van der Waals surface area (Å²) in [6.45, 7) is 5.72. The Hall–Kier alpha value is -1.30. The van der Waals surface area contributed by atoms with Crippen LogP contribution < -0.4 is 10.2 Å². The number of hydrogen-bond donors (Lipinski definition) is 1. The fourth-order valence-electron chi connectivity index (χ4n) is 2.97. The van der Waals surface area contributed by atoms with Crippen molar-refractivity contribution in [1.29, 1.82) is 0 Å². The largest absolute Gasteiger partial charge is 0.416 e. The van der Waals surface area contributed by atoms with Crippen LogP contribution in [0, 0.1) is 0 Å². The molecule has 21 heavy (non-hydrogen) atoms. The molecule has 0 aromatic carbocycles. The number of aromatic nitrogens is 1. The normalized spacial score (nSPS) is 21.4. The summed E-state index contributed by atoms with van der Waals surface area (Å²) in [6, 6.07) is 2.61. The van der Waals surface area contributed by atoms with Gasteiger partial charge in [0.15, 0.2) is 0 Å². The first-order chi connectivity index (χ1) is 9.93. The molecule has 6 heteroatoms. The van der Waals surface area contributed by atoms with Gasteiger partial charge in [0, 0.05) is 24.8 Å². The Kier molecular flexibility index (Phi) is 5.08. The van der Waals surface area contributed by atoms with Crippen LogP contribution in [0.4, 0.5) is 19.0 Å². The summed E-state index contributed by atoms with van der Waals surface area (Å²) >= 11 is 0. The Morgan fingerprint density at radius 2 is 2.19 bits per heavy atom. The molecule has 1 saturated heterocycles. The van der Waals surface area contributed by atoms with Gasteiger partial charge in [-0.05, 0) is 44.9 Å². The molecule has 1 N–H and O–H groups in total. The molecule has 0 bridgehead atoms. The summed E-state index contributed by atoms with van der Waals surface area (Å²) in [7, 11) is 0. The number of hydrogen-bond acceptors (Lipinski definition) is 3. The van der Waals surface area contributed by atoms with E-state index in [1.165, 1.54) is 6.20 Å². The molecule has 1 aromatic heterocycles. The van der Waals surface area contributed by atoms with Crippen LogP contribution in [0.15, 0.2) is 18.3 Å². The Labute approximate surface area is 123 Å². The maximum atomic E-state index is 12.9. The van der Waals surface area contributed by atoms with Crippen LogP contribution in [0.25, 0.3) is 0 Å². The minimum atomic E-state index is -4.32. The van der Waals surface area contributed by atoms with Gasteiger partial charge in [-0.3, -0.25) is 0 Å². The van der Waals surface area contributed by atoms with Crippen molar-refractivity contribution in [3.63, 3.8) is 0 Å². The number of rotatable bonds is 4. The molecule has 118 valence electrons. The molecule has 1 aliphatic rings. The first-order valence-electron chi connectivity index (χ1n) is 7.46. The van der Waals surface area contributed by atoms with Crippen LogP contribution in [-0.4, -0.2) is 30.2 Å². The van der Waals surface area contributed by atoms with Crippen LogP contribution in [0.2, 0.25) is 0 Å². The zero-order valence-corrected chi connectivity index (χ0v) is 12.5. The highest BCUT2D eigenvalue weighted by atomic mass is 19.4. The van der Waals surface area contributed by atoms with E-state index in [1.54, 1.807) is 0 Å². The van der Waals surface area contributed by atoms with Crippen LogP contribution in [-0.2, 0) is 6.18 Å². The number of nitrogens with zero attached hydrogens (tertiary/aromatic N) is 2. The summed E-state index contributed by atoms with van der Waals surface area (Å²) in [5, 5.41) is 3.37. The third-order valence-corrected chi connectivity index (χ3v) is 4.02. The molecule has 2 unspecified atom stereocenters. The SMILES string of the molecule is CCNC(C)C1CCCCN1c1cc(C(F)(F)F)ccn1. The van der Waals surface area contributed by atoms with Crippen molar-refractivity contribution in [3.05, 3.63) is 23.9 Å². The zero-order valence-electron chi connectivity index (χ0n) is 12.5. The van der Waals surface area contributed by atoms with E-state index in [1.807, 2.05) is 11.8 Å². The number of nitrogens with one attached hydrogen (secondary N) is 1. The highest BCUT2D eigenvalue weighted by Gasteiger charge is 2.33. The Balaban J connectivity index is 2.25. The van der Waals surface area contributed by atoms with Gasteiger partial charge in [-0.2, -0.15) is 13.2 Å². The van der Waals surface area contributed by atoms with Gasteiger partial charge in [0.2, 0.25) is 0 Å². The van der Waals surface area contributed by atoms with Gasteiger partial charge in [0.1, 0.15) is 5.82 Å². The molecular weight excluding hydrogens is 279 g/mol. The topological polar surface area (TPSA) is 28.2 Å². The van der Waals surface area contributed by atoms with Crippen LogP contribution in [0.3, 0.4) is 0 Å². The molecule has 2 atom stereocenters. The van der Waals surface area contributed by atoms with Crippen molar-refractivity contribution in [2.24, 2.45) is 0 Å². The van der Waals surface area contributed by atoms with E-state index in [0.29, 0.717) is 5.82 Å².